The van der Waals surface area contributed by atoms with Crippen molar-refractivity contribution >= 4 is 23.2 Å². The first-order chi connectivity index (χ1) is 12.4. The molecule has 3 rings (SSSR count). The summed E-state index contributed by atoms with van der Waals surface area (Å²) < 4.78 is 0. The summed E-state index contributed by atoms with van der Waals surface area (Å²) in [6.07, 6.45) is 3.83. The van der Waals surface area contributed by atoms with Crippen LogP contribution >= 0.6 is 7.26 Å². The van der Waals surface area contributed by atoms with Crippen molar-refractivity contribution in [2.24, 2.45) is 0 Å². The second kappa shape index (κ2) is 8.61. The van der Waals surface area contributed by atoms with E-state index in [0.717, 1.165) is 19.0 Å². The predicted molar refractivity (Wildman–Crippen MR) is 111 cm³/mol. The van der Waals surface area contributed by atoms with E-state index in [0.29, 0.717) is 6.42 Å². The summed E-state index contributed by atoms with van der Waals surface area (Å²) in [5.74, 6) is 0. The molecule has 0 bridgehead atoms. The van der Waals surface area contributed by atoms with Crippen LogP contribution in [0, 0.1) is 11.3 Å². The monoisotopic (exact) mass is 345 g/mol. The Morgan fingerprint density at radius 1 is 0.600 bits per heavy atom. The van der Waals surface area contributed by atoms with Crippen LogP contribution in [0.3, 0.4) is 0 Å². The first-order valence-corrected chi connectivity index (χ1v) is 11.1. The summed E-state index contributed by atoms with van der Waals surface area (Å²) in [6, 6.07) is 35.2. The van der Waals surface area contributed by atoms with Gasteiger partial charge in [0.25, 0.3) is 0 Å². The first-order valence-electron chi connectivity index (χ1n) is 8.91. The van der Waals surface area contributed by atoms with Gasteiger partial charge in [0.1, 0.15) is 0 Å². The maximum atomic E-state index is 8.91. The van der Waals surface area contributed by atoms with Gasteiger partial charge in [-0.1, -0.05) is 0 Å². The molecule has 2 heteroatoms. The van der Waals surface area contributed by atoms with Crippen molar-refractivity contribution in [3.05, 3.63) is 91.0 Å². The molecule has 25 heavy (non-hydrogen) atoms. The van der Waals surface area contributed by atoms with Gasteiger partial charge in [0.2, 0.25) is 0 Å². The predicted octanol–water partition coefficient (Wildman–Crippen LogP) is 4.41. The Kier molecular flexibility index (Phi) is 5.99. The number of hydrogen-bond donors (Lipinski definition) is 0. The van der Waals surface area contributed by atoms with E-state index in [9.17, 15) is 0 Å². The zero-order valence-corrected chi connectivity index (χ0v) is 15.4. The minimum absolute atomic E-state index is 0.642. The maximum absolute atomic E-state index is 8.91. The number of nitriles is 1. The third-order valence-corrected chi connectivity index (χ3v) is 9.95. The third-order valence-electron chi connectivity index (χ3n) is 4.89. The molecule has 0 aliphatic carbocycles. The van der Waals surface area contributed by atoms with Crippen molar-refractivity contribution in [2.75, 3.05) is 6.16 Å². The molecular formula is C23H24NP. The number of unbranched alkanes of at least 4 members (excludes halogenated alkanes) is 2. The second-order valence-electron chi connectivity index (χ2n) is 6.37. The SMILES string of the molecule is N#CCCCC[PH](c1ccccc1)(c1ccccc1)c1ccccc1. The molecule has 0 fully saturated rings. The molecule has 0 spiro atoms. The van der Waals surface area contributed by atoms with Crippen LogP contribution in [0.4, 0.5) is 0 Å². The van der Waals surface area contributed by atoms with E-state index in [1.165, 1.54) is 15.9 Å². The number of rotatable bonds is 7. The average molecular weight is 345 g/mol. The molecule has 0 heterocycles. The van der Waals surface area contributed by atoms with Gasteiger partial charge in [-0.15, -0.1) is 0 Å². The van der Waals surface area contributed by atoms with E-state index >= 15 is 0 Å². The van der Waals surface area contributed by atoms with Crippen molar-refractivity contribution in [2.45, 2.75) is 19.3 Å². The van der Waals surface area contributed by atoms with Gasteiger partial charge >= 0.3 is 151 Å². The van der Waals surface area contributed by atoms with E-state index in [4.69, 9.17) is 5.26 Å². The van der Waals surface area contributed by atoms with Crippen LogP contribution in [0.2, 0.25) is 0 Å². The van der Waals surface area contributed by atoms with Crippen molar-refractivity contribution in [1.29, 1.82) is 5.26 Å². The molecule has 0 N–H and O–H groups in total. The summed E-state index contributed by atoms with van der Waals surface area (Å²) in [5, 5.41) is 13.3. The summed E-state index contributed by atoms with van der Waals surface area (Å²) >= 11 is 0. The molecule has 0 saturated heterocycles. The van der Waals surface area contributed by atoms with Crippen LogP contribution in [-0.4, -0.2) is 6.16 Å². The molecule has 0 amide bonds. The van der Waals surface area contributed by atoms with Crippen molar-refractivity contribution in [3.8, 4) is 6.07 Å². The van der Waals surface area contributed by atoms with Crippen LogP contribution in [0.1, 0.15) is 19.3 Å². The molecule has 3 aromatic carbocycles. The van der Waals surface area contributed by atoms with Crippen LogP contribution in [0.15, 0.2) is 91.0 Å². The van der Waals surface area contributed by atoms with E-state index in [1.807, 2.05) is 0 Å². The Balaban J connectivity index is 2.15. The topological polar surface area (TPSA) is 23.8 Å². The van der Waals surface area contributed by atoms with Gasteiger partial charge in [-0.3, -0.25) is 0 Å². The van der Waals surface area contributed by atoms with Gasteiger partial charge in [0.15, 0.2) is 0 Å². The summed E-state index contributed by atoms with van der Waals surface area (Å²) in [4.78, 5) is 0. The first kappa shape index (κ1) is 17.4. The number of nitrogens with zero attached hydrogens (tertiary/aromatic N) is 1. The third kappa shape index (κ3) is 3.81. The molecule has 3 aromatic rings. The van der Waals surface area contributed by atoms with Gasteiger partial charge in [0, 0.05) is 0 Å². The van der Waals surface area contributed by atoms with Crippen LogP contribution in [0.25, 0.3) is 0 Å². The van der Waals surface area contributed by atoms with Gasteiger partial charge in [-0.25, -0.2) is 0 Å². The van der Waals surface area contributed by atoms with Gasteiger partial charge in [0.05, 0.1) is 0 Å². The zero-order chi connectivity index (χ0) is 17.4. The Labute approximate surface area is 151 Å². The van der Waals surface area contributed by atoms with Gasteiger partial charge in [-0.05, 0) is 0 Å². The molecule has 0 aromatic heterocycles. The molecule has 0 saturated carbocycles. The van der Waals surface area contributed by atoms with Crippen molar-refractivity contribution in [1.82, 2.24) is 0 Å². The summed E-state index contributed by atoms with van der Waals surface area (Å²) in [6.45, 7) is 0. The Morgan fingerprint density at radius 3 is 1.36 bits per heavy atom. The average Bonchev–Trinajstić information content (AvgIpc) is 2.70. The minimum atomic E-state index is -2.08. The van der Waals surface area contributed by atoms with Crippen molar-refractivity contribution < 1.29 is 0 Å². The van der Waals surface area contributed by atoms with Crippen LogP contribution < -0.4 is 15.9 Å². The van der Waals surface area contributed by atoms with Crippen LogP contribution in [0.5, 0.6) is 0 Å². The second-order valence-corrected chi connectivity index (χ2v) is 10.4. The molecular weight excluding hydrogens is 321 g/mol. The van der Waals surface area contributed by atoms with Gasteiger partial charge in [-0.2, -0.15) is 0 Å². The summed E-state index contributed by atoms with van der Waals surface area (Å²) in [5.41, 5.74) is 0. The van der Waals surface area contributed by atoms with E-state index in [2.05, 4.69) is 97.1 Å². The fourth-order valence-corrected chi connectivity index (χ4v) is 8.63. The molecule has 0 atom stereocenters. The zero-order valence-electron chi connectivity index (χ0n) is 14.4. The fraction of sp³-hybridized carbons (Fsp3) is 0.174. The molecule has 0 aliphatic heterocycles. The van der Waals surface area contributed by atoms with Crippen LogP contribution in [-0.2, 0) is 0 Å². The van der Waals surface area contributed by atoms with Gasteiger partial charge < -0.3 is 0 Å². The fourth-order valence-electron chi connectivity index (χ4n) is 3.70. The van der Waals surface area contributed by atoms with E-state index in [1.54, 1.807) is 0 Å². The Hall–Kier alpha value is -2.42. The van der Waals surface area contributed by atoms with E-state index in [-0.39, 0.29) is 0 Å². The number of benzene rings is 3. The quantitative estimate of drug-likeness (QED) is 0.460. The molecule has 0 unspecified atom stereocenters. The normalized spacial score (nSPS) is 11.6. The molecule has 0 radical (unpaired) electrons. The molecule has 0 aliphatic rings. The standard InChI is InChI=1S/C23H24NP/c24-19-11-4-12-20-25(21-13-5-1-6-14-21,22-15-7-2-8-16-22)23-17-9-3-10-18-23/h1-3,5-10,13-18,25H,4,11-12,20H2. The molecule has 126 valence electrons. The molecule has 1 nitrogen and oxygen atoms in total. The van der Waals surface area contributed by atoms with E-state index < -0.39 is 7.26 Å². The van der Waals surface area contributed by atoms with Crippen molar-refractivity contribution in [3.63, 3.8) is 0 Å². The number of hydrogen-bond acceptors (Lipinski definition) is 1. The Bertz CT molecular complexity index is 710. The Morgan fingerprint density at radius 2 is 1.00 bits per heavy atom. The summed E-state index contributed by atoms with van der Waals surface area (Å²) in [7, 11) is -2.08.